The zero-order chi connectivity index (χ0) is 12.9. The van der Waals surface area contributed by atoms with Crippen LogP contribution < -0.4 is 5.32 Å². The molecule has 0 aromatic rings. The summed E-state index contributed by atoms with van der Waals surface area (Å²) in [5.41, 5.74) is 0.573. The van der Waals surface area contributed by atoms with Crippen LogP contribution in [0.4, 0.5) is 0 Å². The van der Waals surface area contributed by atoms with Crippen LogP contribution in [-0.4, -0.2) is 36.1 Å². The molecule has 3 fully saturated rings. The molecule has 3 atom stereocenters. The van der Waals surface area contributed by atoms with Gasteiger partial charge >= 0.3 is 0 Å². The van der Waals surface area contributed by atoms with E-state index in [9.17, 15) is 0 Å². The van der Waals surface area contributed by atoms with Gasteiger partial charge < -0.3 is 10.2 Å². The van der Waals surface area contributed by atoms with Crippen LogP contribution in [0.3, 0.4) is 0 Å². The summed E-state index contributed by atoms with van der Waals surface area (Å²) in [6, 6.07) is 2.35. The Balaban J connectivity index is 1.65. The summed E-state index contributed by atoms with van der Waals surface area (Å²) in [4.78, 5) is 2.71. The van der Waals surface area contributed by atoms with Crippen molar-refractivity contribution in [3.05, 3.63) is 0 Å². The van der Waals surface area contributed by atoms with Gasteiger partial charge in [0.2, 0.25) is 0 Å². The van der Waals surface area contributed by atoms with Crippen LogP contribution in [0.25, 0.3) is 0 Å². The van der Waals surface area contributed by atoms with Crippen molar-refractivity contribution in [1.29, 1.82) is 0 Å². The summed E-state index contributed by atoms with van der Waals surface area (Å²) in [6.45, 7) is 12.2. The first-order valence-electron chi connectivity index (χ1n) is 7.97. The van der Waals surface area contributed by atoms with Crippen molar-refractivity contribution >= 4 is 0 Å². The topological polar surface area (TPSA) is 15.3 Å². The summed E-state index contributed by atoms with van der Waals surface area (Å²) >= 11 is 0. The summed E-state index contributed by atoms with van der Waals surface area (Å²) in [7, 11) is 0. The number of fused-ring (bicyclic) bond motifs is 2. The maximum Gasteiger partial charge on any atom is 0.0151 e. The van der Waals surface area contributed by atoms with Crippen LogP contribution in [0, 0.1) is 17.3 Å². The minimum absolute atomic E-state index is 0.573. The Hall–Kier alpha value is -0.0800. The molecular formula is C16H30N2. The fraction of sp³-hybridized carbons (Fsp3) is 1.00. The first kappa shape index (κ1) is 12.9. The number of nitrogens with one attached hydrogen (secondary N) is 1. The van der Waals surface area contributed by atoms with Crippen LogP contribution in [0.5, 0.6) is 0 Å². The van der Waals surface area contributed by atoms with Gasteiger partial charge in [-0.25, -0.2) is 0 Å². The second-order valence-corrected chi connectivity index (χ2v) is 7.94. The highest BCUT2D eigenvalue weighted by molar-refractivity contribution is 5.06. The molecule has 3 rings (SSSR count). The summed E-state index contributed by atoms with van der Waals surface area (Å²) in [5, 5.41) is 4.02. The van der Waals surface area contributed by atoms with Gasteiger partial charge in [0.1, 0.15) is 0 Å². The van der Waals surface area contributed by atoms with Gasteiger partial charge in [0, 0.05) is 31.2 Å². The van der Waals surface area contributed by atoms with Gasteiger partial charge in [-0.2, -0.15) is 0 Å². The summed E-state index contributed by atoms with van der Waals surface area (Å²) in [6.07, 6.45) is 5.75. The Morgan fingerprint density at radius 1 is 1.11 bits per heavy atom. The van der Waals surface area contributed by atoms with Crippen molar-refractivity contribution in [2.75, 3.05) is 13.1 Å². The van der Waals surface area contributed by atoms with Gasteiger partial charge in [0.05, 0.1) is 0 Å². The van der Waals surface area contributed by atoms with Crippen molar-refractivity contribution < 1.29 is 0 Å². The smallest absolute Gasteiger partial charge is 0.0151 e. The standard InChI is InChI=1S/C16H30N2/c1-11(2)18-9-12-6-5-7-13(10-18)15(12)17-14-8-16(14,3)4/h11-15,17H,5-10H2,1-4H3. The van der Waals surface area contributed by atoms with Crippen LogP contribution >= 0.6 is 0 Å². The lowest BCUT2D eigenvalue weighted by molar-refractivity contribution is 0.0278. The molecule has 0 aromatic carbocycles. The predicted octanol–water partition coefficient (Wildman–Crippen LogP) is 2.88. The Bertz CT molecular complexity index is 296. The lowest BCUT2D eigenvalue weighted by atomic mass is 9.73. The molecule has 1 aliphatic heterocycles. The molecule has 2 aliphatic carbocycles. The van der Waals surface area contributed by atoms with E-state index in [4.69, 9.17) is 0 Å². The van der Waals surface area contributed by atoms with E-state index in [1.165, 1.54) is 38.8 Å². The van der Waals surface area contributed by atoms with E-state index in [2.05, 4.69) is 37.9 Å². The van der Waals surface area contributed by atoms with E-state index in [1.54, 1.807) is 0 Å². The van der Waals surface area contributed by atoms with Crippen molar-refractivity contribution in [3.63, 3.8) is 0 Å². The molecule has 2 bridgehead atoms. The third-order valence-corrected chi connectivity index (χ3v) is 5.74. The van der Waals surface area contributed by atoms with Crippen molar-refractivity contribution in [2.45, 2.75) is 71.5 Å². The third kappa shape index (κ3) is 2.34. The van der Waals surface area contributed by atoms with E-state index in [-0.39, 0.29) is 0 Å². The van der Waals surface area contributed by atoms with E-state index in [0.717, 1.165) is 30.0 Å². The Kier molecular flexibility index (Phi) is 3.22. The minimum atomic E-state index is 0.573. The predicted molar refractivity (Wildman–Crippen MR) is 76.6 cm³/mol. The van der Waals surface area contributed by atoms with Crippen LogP contribution in [0.1, 0.15) is 53.4 Å². The van der Waals surface area contributed by atoms with Gasteiger partial charge in [-0.3, -0.25) is 0 Å². The Labute approximate surface area is 113 Å². The highest BCUT2D eigenvalue weighted by Crippen LogP contribution is 2.47. The van der Waals surface area contributed by atoms with Gasteiger partial charge in [0.15, 0.2) is 0 Å². The minimum Gasteiger partial charge on any atom is -0.310 e. The summed E-state index contributed by atoms with van der Waals surface area (Å²) in [5.74, 6) is 1.83. The highest BCUT2D eigenvalue weighted by Gasteiger charge is 2.49. The van der Waals surface area contributed by atoms with E-state index in [1.807, 2.05) is 0 Å². The Morgan fingerprint density at radius 2 is 1.67 bits per heavy atom. The zero-order valence-corrected chi connectivity index (χ0v) is 12.6. The second kappa shape index (κ2) is 4.49. The molecule has 0 spiro atoms. The molecule has 2 heteroatoms. The molecule has 1 saturated heterocycles. The SMILES string of the molecule is CC(C)N1CC2CCCC(C1)C2NC1CC1(C)C. The van der Waals surface area contributed by atoms with Gasteiger partial charge in [0.25, 0.3) is 0 Å². The van der Waals surface area contributed by atoms with Gasteiger partial charge in [-0.1, -0.05) is 20.3 Å². The molecule has 1 heterocycles. The van der Waals surface area contributed by atoms with Crippen molar-refractivity contribution in [2.24, 2.45) is 17.3 Å². The van der Waals surface area contributed by atoms with Crippen molar-refractivity contribution in [3.8, 4) is 0 Å². The number of likely N-dealkylation sites (tertiary alicyclic amines) is 1. The van der Waals surface area contributed by atoms with Crippen LogP contribution in [0.2, 0.25) is 0 Å². The fourth-order valence-electron chi connectivity index (χ4n) is 4.15. The average Bonchev–Trinajstić information content (AvgIpc) is 2.85. The number of rotatable bonds is 3. The lowest BCUT2D eigenvalue weighted by Crippen LogP contribution is -2.59. The normalized spacial score (nSPS) is 43.2. The molecular weight excluding hydrogens is 220 g/mol. The number of hydrogen-bond acceptors (Lipinski definition) is 2. The number of nitrogens with zero attached hydrogens (tertiary/aromatic N) is 1. The monoisotopic (exact) mass is 250 g/mol. The van der Waals surface area contributed by atoms with Gasteiger partial charge in [-0.15, -0.1) is 0 Å². The largest absolute Gasteiger partial charge is 0.310 e. The van der Waals surface area contributed by atoms with E-state index < -0.39 is 0 Å². The Morgan fingerprint density at radius 3 is 2.11 bits per heavy atom. The quantitative estimate of drug-likeness (QED) is 0.828. The molecule has 18 heavy (non-hydrogen) atoms. The average molecular weight is 250 g/mol. The van der Waals surface area contributed by atoms with Crippen LogP contribution in [0.15, 0.2) is 0 Å². The molecule has 3 unspecified atom stereocenters. The number of piperidine rings is 1. The maximum atomic E-state index is 4.02. The first-order valence-corrected chi connectivity index (χ1v) is 7.97. The highest BCUT2D eigenvalue weighted by atomic mass is 15.2. The molecule has 1 N–H and O–H groups in total. The molecule has 3 aliphatic rings. The molecule has 0 aromatic heterocycles. The van der Waals surface area contributed by atoms with Crippen molar-refractivity contribution in [1.82, 2.24) is 10.2 Å². The van der Waals surface area contributed by atoms with Crippen LogP contribution in [-0.2, 0) is 0 Å². The number of hydrogen-bond donors (Lipinski definition) is 1. The summed E-state index contributed by atoms with van der Waals surface area (Å²) < 4.78 is 0. The molecule has 104 valence electrons. The maximum absolute atomic E-state index is 4.02. The first-order chi connectivity index (χ1) is 8.47. The third-order valence-electron chi connectivity index (χ3n) is 5.74. The zero-order valence-electron chi connectivity index (χ0n) is 12.6. The van der Waals surface area contributed by atoms with E-state index in [0.29, 0.717) is 5.41 Å². The molecule has 0 radical (unpaired) electrons. The van der Waals surface area contributed by atoms with Gasteiger partial charge in [-0.05, 0) is 50.4 Å². The van der Waals surface area contributed by atoms with E-state index >= 15 is 0 Å². The lowest BCUT2D eigenvalue weighted by Gasteiger charge is -2.49. The fourth-order valence-corrected chi connectivity index (χ4v) is 4.15. The molecule has 0 amide bonds. The second-order valence-electron chi connectivity index (χ2n) is 7.94. The molecule has 2 nitrogen and oxygen atoms in total. The molecule has 2 saturated carbocycles.